The molecular formula is C15H17NO5. The minimum absolute atomic E-state index is 0.0276. The molecule has 1 aromatic carbocycles. The first-order chi connectivity index (χ1) is 10.1. The third-order valence-electron chi connectivity index (χ3n) is 3.36. The first-order valence-corrected chi connectivity index (χ1v) is 6.85. The molecule has 1 aliphatic rings. The van der Waals surface area contributed by atoms with Crippen LogP contribution < -0.4 is 0 Å². The number of hydrogen-bond donors (Lipinski definition) is 1. The molecule has 0 radical (unpaired) electrons. The van der Waals surface area contributed by atoms with Gasteiger partial charge in [-0.05, 0) is 18.4 Å². The number of ether oxygens (including phenoxy) is 1. The fraction of sp³-hybridized carbons (Fsp3) is 0.400. The minimum atomic E-state index is -0.884. The molecule has 1 atom stereocenters. The SMILES string of the molecule is O=C(O)CCCCC(=O)N1C(=O)OCC1c1ccccc1. The number of hydrogen-bond acceptors (Lipinski definition) is 4. The highest BCUT2D eigenvalue weighted by molar-refractivity contribution is 5.93. The second-order valence-electron chi connectivity index (χ2n) is 4.87. The zero-order valence-electron chi connectivity index (χ0n) is 11.5. The number of amides is 2. The van der Waals surface area contributed by atoms with Crippen LogP contribution in [0.4, 0.5) is 4.79 Å². The molecule has 2 rings (SSSR count). The highest BCUT2D eigenvalue weighted by atomic mass is 16.6. The van der Waals surface area contributed by atoms with E-state index in [0.717, 1.165) is 10.5 Å². The Hall–Kier alpha value is -2.37. The van der Waals surface area contributed by atoms with E-state index in [9.17, 15) is 14.4 Å². The molecule has 0 aromatic heterocycles. The predicted octanol–water partition coefficient (Wildman–Crippen LogP) is 2.35. The lowest BCUT2D eigenvalue weighted by Crippen LogP contribution is -2.34. The van der Waals surface area contributed by atoms with Crippen LogP contribution in [0.5, 0.6) is 0 Å². The van der Waals surface area contributed by atoms with E-state index < -0.39 is 18.1 Å². The van der Waals surface area contributed by atoms with E-state index in [1.165, 1.54) is 0 Å². The Kier molecular flexibility index (Phi) is 4.92. The van der Waals surface area contributed by atoms with Gasteiger partial charge in [0.15, 0.2) is 0 Å². The van der Waals surface area contributed by atoms with Gasteiger partial charge in [0.05, 0.1) is 0 Å². The summed E-state index contributed by atoms with van der Waals surface area (Å²) in [7, 11) is 0. The van der Waals surface area contributed by atoms with Crippen molar-refractivity contribution in [1.82, 2.24) is 4.90 Å². The van der Waals surface area contributed by atoms with Crippen molar-refractivity contribution >= 4 is 18.0 Å². The van der Waals surface area contributed by atoms with Crippen molar-refractivity contribution in [3.8, 4) is 0 Å². The van der Waals surface area contributed by atoms with Gasteiger partial charge >= 0.3 is 12.1 Å². The lowest BCUT2D eigenvalue weighted by atomic mass is 10.1. The molecule has 1 aliphatic heterocycles. The van der Waals surface area contributed by atoms with E-state index in [1.54, 1.807) is 0 Å². The van der Waals surface area contributed by atoms with Crippen LogP contribution in [0.2, 0.25) is 0 Å². The normalized spacial score (nSPS) is 17.6. The zero-order valence-corrected chi connectivity index (χ0v) is 11.5. The number of cyclic esters (lactones) is 1. The third-order valence-corrected chi connectivity index (χ3v) is 3.36. The summed E-state index contributed by atoms with van der Waals surface area (Å²) in [5, 5.41) is 8.55. The van der Waals surface area contributed by atoms with E-state index in [0.29, 0.717) is 12.8 Å². The number of carbonyl (C=O) groups excluding carboxylic acids is 2. The smallest absolute Gasteiger partial charge is 0.417 e. The molecule has 2 amide bonds. The molecule has 1 saturated heterocycles. The Labute approximate surface area is 122 Å². The Morgan fingerprint density at radius 2 is 1.86 bits per heavy atom. The van der Waals surface area contributed by atoms with Crippen molar-refractivity contribution in [1.29, 1.82) is 0 Å². The quantitative estimate of drug-likeness (QED) is 0.813. The van der Waals surface area contributed by atoms with Gasteiger partial charge < -0.3 is 9.84 Å². The lowest BCUT2D eigenvalue weighted by molar-refractivity contribution is -0.137. The van der Waals surface area contributed by atoms with Gasteiger partial charge in [0, 0.05) is 12.8 Å². The summed E-state index contributed by atoms with van der Waals surface area (Å²) >= 11 is 0. The van der Waals surface area contributed by atoms with Crippen molar-refractivity contribution in [3.63, 3.8) is 0 Å². The number of benzene rings is 1. The standard InChI is InChI=1S/C15H17NO5/c17-13(8-4-5-9-14(18)19)16-12(10-21-15(16)20)11-6-2-1-3-7-11/h1-3,6-7,12H,4-5,8-10H2,(H,18,19). The summed E-state index contributed by atoms with van der Waals surface area (Å²) in [6, 6.07) is 8.83. The number of carbonyl (C=O) groups is 3. The second-order valence-corrected chi connectivity index (χ2v) is 4.87. The molecule has 1 aromatic rings. The number of rotatable bonds is 6. The minimum Gasteiger partial charge on any atom is -0.481 e. The van der Waals surface area contributed by atoms with Crippen LogP contribution in [-0.2, 0) is 14.3 Å². The van der Waals surface area contributed by atoms with Gasteiger partial charge in [0.1, 0.15) is 12.6 Å². The molecular weight excluding hydrogens is 274 g/mol. The molecule has 1 heterocycles. The highest BCUT2D eigenvalue weighted by Gasteiger charge is 2.38. The maximum atomic E-state index is 12.2. The molecule has 112 valence electrons. The maximum Gasteiger partial charge on any atom is 0.417 e. The number of aliphatic carboxylic acids is 1. The molecule has 1 fully saturated rings. The summed E-state index contributed by atoms with van der Waals surface area (Å²) in [6.07, 6.45) is 0.397. The van der Waals surface area contributed by atoms with Gasteiger partial charge in [-0.25, -0.2) is 9.69 Å². The fourth-order valence-electron chi connectivity index (χ4n) is 2.29. The van der Waals surface area contributed by atoms with E-state index >= 15 is 0 Å². The molecule has 0 spiro atoms. The fourth-order valence-corrected chi connectivity index (χ4v) is 2.29. The number of carboxylic acid groups (broad SMARTS) is 1. The van der Waals surface area contributed by atoms with Crippen molar-refractivity contribution in [2.45, 2.75) is 31.7 Å². The van der Waals surface area contributed by atoms with Crippen LogP contribution in [0, 0.1) is 0 Å². The maximum absolute atomic E-state index is 12.2. The van der Waals surface area contributed by atoms with E-state index in [1.807, 2.05) is 30.3 Å². The average molecular weight is 291 g/mol. The number of unbranched alkanes of at least 4 members (excludes halogenated alkanes) is 1. The van der Waals surface area contributed by atoms with E-state index in [-0.39, 0.29) is 25.4 Å². The van der Waals surface area contributed by atoms with Gasteiger partial charge in [0.2, 0.25) is 5.91 Å². The summed E-state index contributed by atoms with van der Waals surface area (Å²) in [6.45, 7) is 0.156. The van der Waals surface area contributed by atoms with Gasteiger partial charge in [-0.3, -0.25) is 9.59 Å². The summed E-state index contributed by atoms with van der Waals surface area (Å²) in [5.74, 6) is -1.21. The summed E-state index contributed by atoms with van der Waals surface area (Å²) in [4.78, 5) is 35.4. The largest absolute Gasteiger partial charge is 0.481 e. The molecule has 1 unspecified atom stereocenters. The zero-order chi connectivity index (χ0) is 15.2. The number of nitrogens with zero attached hydrogens (tertiary/aromatic N) is 1. The Morgan fingerprint density at radius 1 is 1.19 bits per heavy atom. The Balaban J connectivity index is 1.97. The van der Waals surface area contributed by atoms with Crippen molar-refractivity contribution in [2.75, 3.05) is 6.61 Å². The van der Waals surface area contributed by atoms with Crippen LogP contribution >= 0.6 is 0 Å². The molecule has 0 saturated carbocycles. The monoisotopic (exact) mass is 291 g/mol. The molecule has 6 nitrogen and oxygen atoms in total. The lowest BCUT2D eigenvalue weighted by Gasteiger charge is -2.19. The Morgan fingerprint density at radius 3 is 2.52 bits per heavy atom. The van der Waals surface area contributed by atoms with Crippen LogP contribution in [0.3, 0.4) is 0 Å². The van der Waals surface area contributed by atoms with Gasteiger partial charge in [0.25, 0.3) is 0 Å². The molecule has 0 bridgehead atoms. The van der Waals surface area contributed by atoms with E-state index in [4.69, 9.17) is 9.84 Å². The van der Waals surface area contributed by atoms with Crippen LogP contribution in [-0.4, -0.2) is 34.6 Å². The predicted molar refractivity (Wildman–Crippen MR) is 73.5 cm³/mol. The van der Waals surface area contributed by atoms with Crippen LogP contribution in [0.1, 0.15) is 37.3 Å². The Bertz CT molecular complexity index is 528. The molecule has 21 heavy (non-hydrogen) atoms. The van der Waals surface area contributed by atoms with Crippen molar-refractivity contribution < 1.29 is 24.2 Å². The second kappa shape index (κ2) is 6.88. The van der Waals surface area contributed by atoms with E-state index in [2.05, 4.69) is 0 Å². The number of imide groups is 1. The van der Waals surface area contributed by atoms with Crippen LogP contribution in [0.15, 0.2) is 30.3 Å². The first kappa shape index (κ1) is 15.0. The van der Waals surface area contributed by atoms with Crippen LogP contribution in [0.25, 0.3) is 0 Å². The van der Waals surface area contributed by atoms with Gasteiger partial charge in [-0.15, -0.1) is 0 Å². The third kappa shape index (κ3) is 3.81. The average Bonchev–Trinajstić information content (AvgIpc) is 2.86. The van der Waals surface area contributed by atoms with Crippen molar-refractivity contribution in [2.24, 2.45) is 0 Å². The van der Waals surface area contributed by atoms with Gasteiger partial charge in [-0.2, -0.15) is 0 Å². The summed E-state index contributed by atoms with van der Waals surface area (Å²) < 4.78 is 4.97. The van der Waals surface area contributed by atoms with Crippen molar-refractivity contribution in [3.05, 3.63) is 35.9 Å². The molecule has 0 aliphatic carbocycles. The molecule has 1 N–H and O–H groups in total. The number of carboxylic acids is 1. The topological polar surface area (TPSA) is 83.9 Å². The molecule has 6 heteroatoms. The highest BCUT2D eigenvalue weighted by Crippen LogP contribution is 2.28. The summed E-state index contributed by atoms with van der Waals surface area (Å²) in [5.41, 5.74) is 0.849. The first-order valence-electron chi connectivity index (χ1n) is 6.85. The van der Waals surface area contributed by atoms with Gasteiger partial charge in [-0.1, -0.05) is 30.3 Å².